The molecule has 0 aliphatic heterocycles. The predicted octanol–water partition coefficient (Wildman–Crippen LogP) is 1.84. The van der Waals surface area contributed by atoms with E-state index in [-0.39, 0.29) is 0 Å². The molecular weight excluding hydrogens is 186 g/mol. The van der Waals surface area contributed by atoms with E-state index in [1.807, 2.05) is 36.5 Å². The first kappa shape index (κ1) is 9.65. The van der Waals surface area contributed by atoms with Crippen LogP contribution in [0, 0.1) is 0 Å². The van der Waals surface area contributed by atoms with Crippen molar-refractivity contribution in [2.24, 2.45) is 0 Å². The van der Waals surface area contributed by atoms with Gasteiger partial charge in [0.2, 0.25) is 0 Å². The van der Waals surface area contributed by atoms with Gasteiger partial charge in [-0.1, -0.05) is 6.07 Å². The first-order valence-corrected chi connectivity index (χ1v) is 4.95. The first-order chi connectivity index (χ1) is 7.34. The van der Waals surface area contributed by atoms with E-state index in [0.29, 0.717) is 5.69 Å². The second kappa shape index (κ2) is 4.55. The molecule has 0 spiro atoms. The largest absolute Gasteiger partial charge is 0.397 e. The quantitative estimate of drug-likeness (QED) is 0.820. The van der Waals surface area contributed by atoms with E-state index in [4.69, 9.17) is 5.73 Å². The average molecular weight is 199 g/mol. The Kier molecular flexibility index (Phi) is 2.93. The van der Waals surface area contributed by atoms with Crippen molar-refractivity contribution < 1.29 is 0 Å². The summed E-state index contributed by atoms with van der Waals surface area (Å²) in [6.07, 6.45) is 5.31. The lowest BCUT2D eigenvalue weighted by atomic mass is 10.1. The number of pyridine rings is 2. The van der Waals surface area contributed by atoms with E-state index in [0.717, 1.165) is 24.2 Å². The molecule has 2 aromatic heterocycles. The number of hydrogen-bond acceptors (Lipinski definition) is 3. The highest BCUT2D eigenvalue weighted by Crippen LogP contribution is 2.05. The molecule has 0 fully saturated rings. The van der Waals surface area contributed by atoms with Crippen molar-refractivity contribution in [2.45, 2.75) is 12.8 Å². The van der Waals surface area contributed by atoms with Gasteiger partial charge in [0.1, 0.15) is 0 Å². The molecular formula is C12H13N3. The van der Waals surface area contributed by atoms with E-state index in [1.165, 1.54) is 0 Å². The second-order valence-corrected chi connectivity index (χ2v) is 3.40. The molecule has 2 heterocycles. The Balaban J connectivity index is 1.96. The highest BCUT2D eigenvalue weighted by Gasteiger charge is 1.97. The van der Waals surface area contributed by atoms with Gasteiger partial charge in [0, 0.05) is 17.6 Å². The smallest absolute Gasteiger partial charge is 0.0501 e. The zero-order valence-electron chi connectivity index (χ0n) is 8.43. The fourth-order valence-corrected chi connectivity index (χ4v) is 1.39. The van der Waals surface area contributed by atoms with Crippen molar-refractivity contribution >= 4 is 5.69 Å². The molecule has 3 nitrogen and oxygen atoms in total. The molecule has 0 amide bonds. The van der Waals surface area contributed by atoms with Gasteiger partial charge >= 0.3 is 0 Å². The van der Waals surface area contributed by atoms with E-state index in [1.54, 1.807) is 6.20 Å². The number of hydrogen-bond donors (Lipinski definition) is 1. The lowest BCUT2D eigenvalue weighted by Gasteiger charge is -2.00. The number of rotatable bonds is 3. The fraction of sp³-hybridized carbons (Fsp3) is 0.167. The van der Waals surface area contributed by atoms with Crippen molar-refractivity contribution in [3.63, 3.8) is 0 Å². The summed E-state index contributed by atoms with van der Waals surface area (Å²) in [5.41, 5.74) is 8.41. The zero-order chi connectivity index (χ0) is 10.5. The lowest BCUT2D eigenvalue weighted by molar-refractivity contribution is 0.880. The number of aryl methyl sites for hydroxylation is 2. The molecule has 0 radical (unpaired) electrons. The molecule has 2 aromatic rings. The highest BCUT2D eigenvalue weighted by molar-refractivity contribution is 5.34. The van der Waals surface area contributed by atoms with Crippen LogP contribution in [0.25, 0.3) is 0 Å². The van der Waals surface area contributed by atoms with Gasteiger partial charge in [-0.15, -0.1) is 0 Å². The Morgan fingerprint density at radius 3 is 2.33 bits per heavy atom. The maximum absolute atomic E-state index is 5.56. The van der Waals surface area contributed by atoms with Crippen LogP contribution < -0.4 is 5.73 Å². The SMILES string of the molecule is Nc1ccc(CCc2ccccn2)nc1. The second-order valence-electron chi connectivity index (χ2n) is 3.40. The minimum absolute atomic E-state index is 0.705. The summed E-state index contributed by atoms with van der Waals surface area (Å²) in [5, 5.41) is 0. The number of nitrogens with two attached hydrogens (primary N) is 1. The third-order valence-electron chi connectivity index (χ3n) is 2.21. The van der Waals surface area contributed by atoms with Crippen LogP contribution in [0.15, 0.2) is 42.7 Å². The number of aromatic nitrogens is 2. The third-order valence-corrected chi connectivity index (χ3v) is 2.21. The molecule has 0 saturated heterocycles. The molecule has 15 heavy (non-hydrogen) atoms. The first-order valence-electron chi connectivity index (χ1n) is 4.95. The van der Waals surface area contributed by atoms with Crippen molar-refractivity contribution in [1.29, 1.82) is 0 Å². The molecule has 0 aliphatic carbocycles. The minimum atomic E-state index is 0.705. The van der Waals surface area contributed by atoms with Crippen LogP contribution in [0.1, 0.15) is 11.4 Å². The number of nitrogen functional groups attached to an aromatic ring is 1. The van der Waals surface area contributed by atoms with Crippen LogP contribution in [-0.4, -0.2) is 9.97 Å². The highest BCUT2D eigenvalue weighted by atomic mass is 14.7. The zero-order valence-corrected chi connectivity index (χ0v) is 8.43. The van der Waals surface area contributed by atoms with E-state index < -0.39 is 0 Å². The Labute approximate surface area is 89.0 Å². The molecule has 0 bridgehead atoms. The number of nitrogens with zero attached hydrogens (tertiary/aromatic N) is 2. The molecule has 76 valence electrons. The summed E-state index contributed by atoms with van der Waals surface area (Å²) in [6.45, 7) is 0. The molecule has 2 N–H and O–H groups in total. The van der Waals surface area contributed by atoms with Crippen molar-refractivity contribution in [1.82, 2.24) is 9.97 Å². The Morgan fingerprint density at radius 1 is 0.933 bits per heavy atom. The number of anilines is 1. The normalized spacial score (nSPS) is 10.1. The van der Waals surface area contributed by atoms with Crippen molar-refractivity contribution in [2.75, 3.05) is 5.73 Å². The van der Waals surface area contributed by atoms with Crippen LogP contribution in [0.4, 0.5) is 5.69 Å². The van der Waals surface area contributed by atoms with E-state index in [9.17, 15) is 0 Å². The Hall–Kier alpha value is -1.90. The summed E-state index contributed by atoms with van der Waals surface area (Å²) < 4.78 is 0. The Morgan fingerprint density at radius 2 is 1.73 bits per heavy atom. The average Bonchev–Trinajstić information content (AvgIpc) is 2.30. The molecule has 0 unspecified atom stereocenters. The van der Waals surface area contributed by atoms with Gasteiger partial charge in [0.15, 0.2) is 0 Å². The van der Waals surface area contributed by atoms with Crippen LogP contribution in [0.2, 0.25) is 0 Å². The van der Waals surface area contributed by atoms with Crippen molar-refractivity contribution in [3.05, 3.63) is 54.1 Å². The molecule has 0 saturated carbocycles. The summed E-state index contributed by atoms with van der Waals surface area (Å²) in [4.78, 5) is 8.50. The van der Waals surface area contributed by atoms with Gasteiger partial charge in [-0.2, -0.15) is 0 Å². The molecule has 0 aromatic carbocycles. The van der Waals surface area contributed by atoms with Gasteiger partial charge in [0.25, 0.3) is 0 Å². The van der Waals surface area contributed by atoms with Crippen LogP contribution in [0.3, 0.4) is 0 Å². The van der Waals surface area contributed by atoms with Gasteiger partial charge in [0.05, 0.1) is 11.9 Å². The standard InChI is InChI=1S/C12H13N3/c13-10-4-5-12(15-9-10)7-6-11-3-1-2-8-14-11/h1-5,8-9H,6-7,13H2. The summed E-state index contributed by atoms with van der Waals surface area (Å²) >= 11 is 0. The Bertz CT molecular complexity index is 409. The van der Waals surface area contributed by atoms with Crippen LogP contribution >= 0.6 is 0 Å². The molecule has 3 heteroatoms. The fourth-order valence-electron chi connectivity index (χ4n) is 1.39. The summed E-state index contributed by atoms with van der Waals surface area (Å²) in [6, 6.07) is 9.78. The summed E-state index contributed by atoms with van der Waals surface area (Å²) in [7, 11) is 0. The lowest BCUT2D eigenvalue weighted by Crippen LogP contribution is -1.96. The van der Waals surface area contributed by atoms with E-state index in [2.05, 4.69) is 9.97 Å². The van der Waals surface area contributed by atoms with Gasteiger partial charge < -0.3 is 5.73 Å². The molecule has 0 atom stereocenters. The monoisotopic (exact) mass is 199 g/mol. The van der Waals surface area contributed by atoms with E-state index >= 15 is 0 Å². The third kappa shape index (κ3) is 2.77. The maximum atomic E-state index is 5.56. The van der Waals surface area contributed by atoms with Crippen LogP contribution in [0.5, 0.6) is 0 Å². The predicted molar refractivity (Wildman–Crippen MR) is 60.3 cm³/mol. The topological polar surface area (TPSA) is 51.8 Å². The summed E-state index contributed by atoms with van der Waals surface area (Å²) in [5.74, 6) is 0. The molecule has 2 rings (SSSR count). The van der Waals surface area contributed by atoms with Gasteiger partial charge in [-0.3, -0.25) is 9.97 Å². The minimum Gasteiger partial charge on any atom is -0.397 e. The van der Waals surface area contributed by atoms with Crippen LogP contribution in [-0.2, 0) is 12.8 Å². The maximum Gasteiger partial charge on any atom is 0.0501 e. The van der Waals surface area contributed by atoms with Gasteiger partial charge in [-0.05, 0) is 37.1 Å². The van der Waals surface area contributed by atoms with Gasteiger partial charge in [-0.25, -0.2) is 0 Å². The molecule has 0 aliphatic rings. The van der Waals surface area contributed by atoms with Crippen molar-refractivity contribution in [3.8, 4) is 0 Å².